The molecule has 1 aromatic heterocycles. The lowest BCUT2D eigenvalue weighted by Gasteiger charge is -2.32. The van der Waals surface area contributed by atoms with Crippen molar-refractivity contribution >= 4 is 41.1 Å². The Hall–Kier alpha value is -3.53. The third kappa shape index (κ3) is 7.98. The van der Waals surface area contributed by atoms with Crippen molar-refractivity contribution in [2.24, 2.45) is 5.92 Å². The number of aromatic nitrogens is 1. The molecule has 198 valence electrons. The van der Waals surface area contributed by atoms with Crippen molar-refractivity contribution in [1.82, 2.24) is 15.2 Å². The van der Waals surface area contributed by atoms with Crippen molar-refractivity contribution in [3.05, 3.63) is 41.6 Å². The highest BCUT2D eigenvalue weighted by atomic mass is 35.5. The smallest absolute Gasteiger partial charge is 0.410 e. The molecular formula is C26H32ClN5O5. The molecule has 1 saturated heterocycles. The number of piperidine rings is 1. The number of halogens is 1. The summed E-state index contributed by atoms with van der Waals surface area (Å²) in [5.74, 6) is 0.903. The summed E-state index contributed by atoms with van der Waals surface area (Å²) in [4.78, 5) is 42.8. The van der Waals surface area contributed by atoms with Gasteiger partial charge in [0.1, 0.15) is 22.9 Å². The minimum absolute atomic E-state index is 0.156. The van der Waals surface area contributed by atoms with Crippen molar-refractivity contribution < 1.29 is 23.9 Å². The van der Waals surface area contributed by atoms with Crippen LogP contribution in [0.2, 0.25) is 5.02 Å². The number of nitrogens with zero attached hydrogens (tertiary/aromatic N) is 2. The Kier molecular flexibility index (Phi) is 8.06. The summed E-state index contributed by atoms with van der Waals surface area (Å²) < 4.78 is 11.3. The molecule has 1 saturated carbocycles. The third-order valence-electron chi connectivity index (χ3n) is 5.84. The number of amides is 4. The molecule has 2 aliphatic rings. The Balaban J connectivity index is 1.29. The second kappa shape index (κ2) is 11.2. The van der Waals surface area contributed by atoms with E-state index in [4.69, 9.17) is 21.1 Å². The van der Waals surface area contributed by atoms with Crippen LogP contribution in [0.3, 0.4) is 0 Å². The lowest BCUT2D eigenvalue weighted by Crippen LogP contribution is -2.43. The first-order valence-electron chi connectivity index (χ1n) is 12.4. The van der Waals surface area contributed by atoms with Gasteiger partial charge in [-0.3, -0.25) is 4.79 Å². The van der Waals surface area contributed by atoms with Crippen molar-refractivity contribution in [3.63, 3.8) is 0 Å². The number of anilines is 2. The maximum atomic E-state index is 12.8. The lowest BCUT2D eigenvalue weighted by molar-refractivity contribution is -0.121. The average molecular weight is 530 g/mol. The van der Waals surface area contributed by atoms with Crippen LogP contribution in [-0.4, -0.2) is 52.6 Å². The molecule has 4 amide bonds. The summed E-state index contributed by atoms with van der Waals surface area (Å²) in [6, 6.07) is 8.20. The molecule has 0 unspecified atom stereocenters. The van der Waals surface area contributed by atoms with E-state index < -0.39 is 5.60 Å². The molecule has 0 atom stereocenters. The van der Waals surface area contributed by atoms with Crippen LogP contribution in [0.5, 0.6) is 11.5 Å². The van der Waals surface area contributed by atoms with Gasteiger partial charge in [-0.1, -0.05) is 11.6 Å². The molecule has 4 rings (SSSR count). The first-order valence-corrected chi connectivity index (χ1v) is 12.7. The SMILES string of the molecule is CC(C)(C)OC(=O)N1CCC(C(=O)Nc2cc(Oc3ccc(NC(=O)NC4CC4)c(Cl)c3)ccn2)CC1. The molecule has 2 heterocycles. The molecule has 2 fully saturated rings. The molecule has 0 radical (unpaired) electrons. The van der Waals surface area contributed by atoms with Crippen molar-refractivity contribution in [1.29, 1.82) is 0 Å². The number of carbonyl (C=O) groups excluding carboxylic acids is 3. The molecule has 3 N–H and O–H groups in total. The third-order valence-corrected chi connectivity index (χ3v) is 6.15. The zero-order chi connectivity index (χ0) is 26.6. The van der Waals surface area contributed by atoms with Crippen LogP contribution in [-0.2, 0) is 9.53 Å². The Morgan fingerprint density at radius 3 is 2.35 bits per heavy atom. The van der Waals surface area contributed by atoms with Gasteiger partial charge in [-0.2, -0.15) is 0 Å². The monoisotopic (exact) mass is 529 g/mol. The number of hydrogen-bond donors (Lipinski definition) is 3. The number of rotatable bonds is 6. The topological polar surface area (TPSA) is 122 Å². The van der Waals surface area contributed by atoms with E-state index in [1.54, 1.807) is 35.2 Å². The molecular weight excluding hydrogens is 498 g/mol. The number of hydrogen-bond acceptors (Lipinski definition) is 6. The first kappa shape index (κ1) is 26.5. The molecule has 0 spiro atoms. The number of nitrogens with one attached hydrogen (secondary N) is 3. The Bertz CT molecular complexity index is 1160. The highest BCUT2D eigenvalue weighted by Crippen LogP contribution is 2.31. The van der Waals surface area contributed by atoms with E-state index in [-0.39, 0.29) is 30.0 Å². The van der Waals surface area contributed by atoms with E-state index in [0.29, 0.717) is 54.0 Å². The number of carbonyl (C=O) groups is 3. The van der Waals surface area contributed by atoms with E-state index in [9.17, 15) is 14.4 Å². The van der Waals surface area contributed by atoms with Crippen molar-refractivity contribution in [2.45, 2.75) is 58.1 Å². The van der Waals surface area contributed by atoms with Gasteiger partial charge in [0.2, 0.25) is 5.91 Å². The molecule has 1 aliphatic carbocycles. The van der Waals surface area contributed by atoms with E-state index in [2.05, 4.69) is 20.9 Å². The Morgan fingerprint density at radius 1 is 1.00 bits per heavy atom. The quantitative estimate of drug-likeness (QED) is 0.460. The predicted molar refractivity (Wildman–Crippen MR) is 140 cm³/mol. The second-order valence-electron chi connectivity index (χ2n) is 10.2. The van der Waals surface area contributed by atoms with Crippen LogP contribution < -0.4 is 20.7 Å². The van der Waals surface area contributed by atoms with Crippen LogP contribution in [0, 0.1) is 5.92 Å². The fourth-order valence-corrected chi connectivity index (χ4v) is 4.01. The van der Waals surface area contributed by atoms with Crippen molar-refractivity contribution in [2.75, 3.05) is 23.7 Å². The highest BCUT2D eigenvalue weighted by molar-refractivity contribution is 6.33. The summed E-state index contributed by atoms with van der Waals surface area (Å²) in [5.41, 5.74) is -0.0759. The van der Waals surface area contributed by atoms with Crippen LogP contribution in [0.25, 0.3) is 0 Å². The number of urea groups is 1. The molecule has 10 nitrogen and oxygen atoms in total. The summed E-state index contributed by atoms with van der Waals surface area (Å²) in [7, 11) is 0. The van der Waals surface area contributed by atoms with Gasteiger partial charge >= 0.3 is 12.1 Å². The molecule has 0 bridgehead atoms. The van der Waals surface area contributed by atoms with E-state index in [1.807, 2.05) is 20.8 Å². The molecule has 11 heteroatoms. The Morgan fingerprint density at radius 2 is 1.70 bits per heavy atom. The minimum Gasteiger partial charge on any atom is -0.457 e. The molecule has 1 aromatic carbocycles. The van der Waals surface area contributed by atoms with Crippen LogP contribution >= 0.6 is 11.6 Å². The molecule has 1 aliphatic heterocycles. The predicted octanol–water partition coefficient (Wildman–Crippen LogP) is 5.40. The zero-order valence-corrected chi connectivity index (χ0v) is 21.9. The van der Waals surface area contributed by atoms with Gasteiger partial charge in [0.25, 0.3) is 0 Å². The van der Waals surface area contributed by atoms with Gasteiger partial charge in [-0.15, -0.1) is 0 Å². The second-order valence-corrected chi connectivity index (χ2v) is 10.6. The van der Waals surface area contributed by atoms with Gasteiger partial charge < -0.3 is 30.3 Å². The fourth-order valence-electron chi connectivity index (χ4n) is 3.79. The van der Waals surface area contributed by atoms with Gasteiger partial charge in [-0.25, -0.2) is 14.6 Å². The summed E-state index contributed by atoms with van der Waals surface area (Å²) in [6.07, 6.45) is 4.25. The zero-order valence-electron chi connectivity index (χ0n) is 21.2. The van der Waals surface area contributed by atoms with Gasteiger partial charge in [0.15, 0.2) is 0 Å². The number of ether oxygens (including phenoxy) is 2. The van der Waals surface area contributed by atoms with Crippen LogP contribution in [0.1, 0.15) is 46.5 Å². The largest absolute Gasteiger partial charge is 0.457 e. The normalized spacial score (nSPS) is 16.1. The van der Waals surface area contributed by atoms with Gasteiger partial charge in [-0.05, 0) is 64.7 Å². The van der Waals surface area contributed by atoms with E-state index >= 15 is 0 Å². The Labute approximate surface area is 221 Å². The first-order chi connectivity index (χ1) is 17.6. The fraction of sp³-hybridized carbons (Fsp3) is 0.462. The number of pyridine rings is 1. The summed E-state index contributed by atoms with van der Waals surface area (Å²) >= 11 is 6.32. The van der Waals surface area contributed by atoms with Crippen molar-refractivity contribution in [3.8, 4) is 11.5 Å². The van der Waals surface area contributed by atoms with Gasteiger partial charge in [0, 0.05) is 43.4 Å². The van der Waals surface area contributed by atoms with Crippen LogP contribution in [0.15, 0.2) is 36.5 Å². The number of likely N-dealkylation sites (tertiary alicyclic amines) is 1. The maximum Gasteiger partial charge on any atom is 0.410 e. The summed E-state index contributed by atoms with van der Waals surface area (Å²) in [6.45, 7) is 6.39. The molecule has 2 aromatic rings. The standard InChI is InChI=1S/C26H32ClN5O5/c1-26(2,3)37-25(35)32-12-9-16(10-13-32)23(33)31-22-15-19(8-11-28-22)36-18-6-7-21(20(27)14-18)30-24(34)29-17-4-5-17/h6-8,11,14-17H,4-5,9-10,12-13H2,1-3H3,(H,28,31,33)(H2,29,30,34). The molecule has 37 heavy (non-hydrogen) atoms. The van der Waals surface area contributed by atoms with Crippen LogP contribution in [0.4, 0.5) is 21.1 Å². The summed E-state index contributed by atoms with van der Waals surface area (Å²) in [5, 5.41) is 8.74. The number of benzene rings is 1. The van der Waals surface area contributed by atoms with E-state index in [0.717, 1.165) is 12.8 Å². The maximum absolute atomic E-state index is 12.8. The lowest BCUT2D eigenvalue weighted by atomic mass is 9.96. The minimum atomic E-state index is -0.555. The highest BCUT2D eigenvalue weighted by Gasteiger charge is 2.30. The van der Waals surface area contributed by atoms with E-state index in [1.165, 1.54) is 6.20 Å². The van der Waals surface area contributed by atoms with Gasteiger partial charge in [0.05, 0.1) is 10.7 Å². The average Bonchev–Trinajstić information content (AvgIpc) is 3.64.